The smallest absolute Gasteiger partial charge is 0.410 e. The van der Waals surface area contributed by atoms with Crippen LogP contribution in [0.3, 0.4) is 0 Å². The van der Waals surface area contributed by atoms with Crippen molar-refractivity contribution in [3.05, 3.63) is 36.3 Å². The monoisotopic (exact) mass is 384 g/mol. The van der Waals surface area contributed by atoms with E-state index in [1.807, 2.05) is 0 Å². The van der Waals surface area contributed by atoms with Crippen LogP contribution in [0.1, 0.15) is 10.5 Å². The number of primary amides is 1. The van der Waals surface area contributed by atoms with Gasteiger partial charge in [-0.25, -0.2) is 9.78 Å². The molecule has 3 aromatic rings. The van der Waals surface area contributed by atoms with Crippen molar-refractivity contribution in [1.29, 1.82) is 0 Å². The average Bonchev–Trinajstić information content (AvgIpc) is 3.07. The maximum atomic E-state index is 11.7. The zero-order valence-corrected chi connectivity index (χ0v) is 14.9. The lowest BCUT2D eigenvalue weighted by Gasteiger charge is -2.15. The lowest BCUT2D eigenvalue weighted by atomic mass is 10.1. The number of hydrogen-bond acceptors (Lipinski definition) is 8. The zero-order valence-electron chi connectivity index (χ0n) is 14.9. The summed E-state index contributed by atoms with van der Waals surface area (Å²) in [7, 11) is 3.22. The first-order valence-corrected chi connectivity index (χ1v) is 7.86. The maximum absolute atomic E-state index is 11.7. The molecule has 0 aliphatic rings. The number of aromatic nitrogens is 5. The molecule has 0 bridgehead atoms. The van der Waals surface area contributed by atoms with Gasteiger partial charge in [0.2, 0.25) is 0 Å². The zero-order chi connectivity index (χ0) is 20.3. The van der Waals surface area contributed by atoms with Gasteiger partial charge < -0.3 is 20.9 Å². The van der Waals surface area contributed by atoms with Crippen LogP contribution in [0.25, 0.3) is 11.4 Å². The molecule has 12 heteroatoms. The van der Waals surface area contributed by atoms with Crippen molar-refractivity contribution in [2.75, 3.05) is 17.7 Å². The summed E-state index contributed by atoms with van der Waals surface area (Å²) in [4.78, 5) is 26.7. The number of hydrogen-bond donors (Lipinski definition) is 4. The predicted molar refractivity (Wildman–Crippen MR) is 98.5 cm³/mol. The molecule has 2 amide bonds. The van der Waals surface area contributed by atoms with Crippen LogP contribution in [0.15, 0.2) is 30.6 Å². The molecule has 0 aliphatic heterocycles. The van der Waals surface area contributed by atoms with E-state index in [9.17, 15) is 9.59 Å². The van der Waals surface area contributed by atoms with Gasteiger partial charge in [-0.05, 0) is 12.1 Å². The lowest BCUT2D eigenvalue weighted by Crippen LogP contribution is -2.18. The summed E-state index contributed by atoms with van der Waals surface area (Å²) in [5.41, 5.74) is 6.40. The van der Waals surface area contributed by atoms with Gasteiger partial charge in [-0.3, -0.25) is 14.8 Å². The number of ether oxygens (including phenoxy) is 1. The predicted octanol–water partition coefficient (Wildman–Crippen LogP) is 1.21. The highest BCUT2D eigenvalue weighted by molar-refractivity contribution is 5.98. The molecule has 12 nitrogen and oxygen atoms in total. The van der Waals surface area contributed by atoms with Crippen LogP contribution in [0, 0.1) is 0 Å². The molecule has 1 aromatic carbocycles. The van der Waals surface area contributed by atoms with Crippen LogP contribution in [0.5, 0.6) is 5.75 Å². The highest BCUT2D eigenvalue weighted by Gasteiger charge is 2.18. The van der Waals surface area contributed by atoms with Gasteiger partial charge in [0, 0.05) is 13.1 Å². The summed E-state index contributed by atoms with van der Waals surface area (Å²) in [5, 5.41) is 25.4. The van der Waals surface area contributed by atoms with Crippen molar-refractivity contribution >= 4 is 29.2 Å². The van der Waals surface area contributed by atoms with E-state index >= 15 is 0 Å². The van der Waals surface area contributed by atoms with E-state index in [1.165, 1.54) is 13.2 Å². The number of carbonyl (C=O) groups excluding carboxylic acids is 1. The van der Waals surface area contributed by atoms with Crippen LogP contribution in [0.4, 0.5) is 22.0 Å². The van der Waals surface area contributed by atoms with Crippen molar-refractivity contribution < 1.29 is 19.4 Å². The molecule has 2 heterocycles. The molecule has 0 fully saturated rings. The van der Waals surface area contributed by atoms with E-state index in [-0.39, 0.29) is 17.2 Å². The van der Waals surface area contributed by atoms with Gasteiger partial charge in [0.1, 0.15) is 6.33 Å². The van der Waals surface area contributed by atoms with Gasteiger partial charge in [-0.2, -0.15) is 5.10 Å². The van der Waals surface area contributed by atoms with E-state index in [4.69, 9.17) is 15.6 Å². The normalized spacial score (nSPS) is 10.4. The Morgan fingerprint density at radius 3 is 2.64 bits per heavy atom. The van der Waals surface area contributed by atoms with E-state index in [0.29, 0.717) is 22.8 Å². The number of aryl methyl sites for hydroxylation is 1. The fourth-order valence-electron chi connectivity index (χ4n) is 2.48. The number of nitrogens with one attached hydrogen (secondary N) is 2. The fraction of sp³-hybridized carbons (Fsp3) is 0.125. The van der Waals surface area contributed by atoms with Crippen LogP contribution in [-0.4, -0.2) is 49.2 Å². The maximum Gasteiger partial charge on any atom is 0.410 e. The molecular formula is C16H16N8O4. The Labute approximate surface area is 158 Å². The molecule has 0 spiro atoms. The number of para-hydroxylation sites is 1. The Morgan fingerprint density at radius 1 is 1.25 bits per heavy atom. The highest BCUT2D eigenvalue weighted by atomic mass is 16.5. The minimum absolute atomic E-state index is 0.0819. The van der Waals surface area contributed by atoms with Crippen molar-refractivity contribution in [1.82, 2.24) is 25.0 Å². The Kier molecular flexibility index (Phi) is 5.02. The number of carbonyl (C=O) groups is 2. The summed E-state index contributed by atoms with van der Waals surface area (Å²) in [6.45, 7) is 0. The number of carboxylic acid groups (broad SMARTS) is 1. The van der Waals surface area contributed by atoms with E-state index in [1.54, 1.807) is 36.3 Å². The number of rotatable bonds is 6. The molecule has 2 aromatic heterocycles. The van der Waals surface area contributed by atoms with Crippen molar-refractivity contribution in [2.24, 2.45) is 12.8 Å². The summed E-state index contributed by atoms with van der Waals surface area (Å²) in [6, 6.07) is 6.51. The topological polar surface area (TPSA) is 170 Å². The SMILES string of the molecule is COc1c(Nc2cc(NC(=O)O)nnc2C(N)=O)cccc1-c1ncn(C)n1. The second-order valence-electron chi connectivity index (χ2n) is 5.54. The summed E-state index contributed by atoms with van der Waals surface area (Å²) >= 11 is 0. The Morgan fingerprint density at radius 2 is 2.04 bits per heavy atom. The highest BCUT2D eigenvalue weighted by Crippen LogP contribution is 2.36. The molecule has 0 unspecified atom stereocenters. The van der Waals surface area contributed by atoms with Crippen LogP contribution in [0.2, 0.25) is 0 Å². The largest absolute Gasteiger partial charge is 0.494 e. The second-order valence-corrected chi connectivity index (χ2v) is 5.54. The number of benzene rings is 1. The molecule has 144 valence electrons. The average molecular weight is 384 g/mol. The van der Waals surface area contributed by atoms with Crippen molar-refractivity contribution in [2.45, 2.75) is 0 Å². The van der Waals surface area contributed by atoms with Crippen LogP contribution >= 0.6 is 0 Å². The summed E-state index contributed by atoms with van der Waals surface area (Å²) < 4.78 is 7.05. The number of nitrogens with two attached hydrogens (primary N) is 1. The summed E-state index contributed by atoms with van der Waals surface area (Å²) in [5.74, 6) is -0.0622. The molecule has 5 N–H and O–H groups in total. The lowest BCUT2D eigenvalue weighted by molar-refractivity contribution is 0.0995. The van der Waals surface area contributed by atoms with Gasteiger partial charge in [0.05, 0.1) is 24.0 Å². The van der Waals surface area contributed by atoms with Crippen LogP contribution in [-0.2, 0) is 7.05 Å². The Hall–Kier alpha value is -4.22. The first kappa shape index (κ1) is 18.6. The minimum atomic E-state index is -1.33. The first-order valence-electron chi connectivity index (χ1n) is 7.86. The summed E-state index contributed by atoms with van der Waals surface area (Å²) in [6.07, 6.45) is 0.226. The number of nitrogens with zero attached hydrogens (tertiary/aromatic N) is 5. The van der Waals surface area contributed by atoms with Crippen molar-refractivity contribution in [3.8, 4) is 17.1 Å². The van der Waals surface area contributed by atoms with Gasteiger partial charge in [0.15, 0.2) is 23.1 Å². The second kappa shape index (κ2) is 7.57. The van der Waals surface area contributed by atoms with Gasteiger partial charge in [0.25, 0.3) is 5.91 Å². The third-order valence-electron chi connectivity index (χ3n) is 3.59. The molecule has 0 atom stereocenters. The van der Waals surface area contributed by atoms with E-state index < -0.39 is 12.0 Å². The third-order valence-corrected chi connectivity index (χ3v) is 3.59. The first-order chi connectivity index (χ1) is 13.4. The molecule has 3 rings (SSSR count). The molecule has 28 heavy (non-hydrogen) atoms. The van der Waals surface area contributed by atoms with Crippen LogP contribution < -0.4 is 21.1 Å². The third kappa shape index (κ3) is 3.80. The standard InChI is InChI=1S/C16H16N8O4/c1-24-7-18-15(23-24)8-4-3-5-9(13(8)28-2)19-10-6-11(20-16(26)27)21-22-12(10)14(17)25/h3-7H,1-2H3,(H2,17,25)(H,26,27)(H2,19,20,21). The van der Waals surface area contributed by atoms with Crippen molar-refractivity contribution in [3.63, 3.8) is 0 Å². The molecule has 0 aliphatic carbocycles. The Bertz CT molecular complexity index is 1050. The quantitative estimate of drug-likeness (QED) is 0.487. The molecular weight excluding hydrogens is 368 g/mol. The number of methoxy groups -OCH3 is 1. The number of anilines is 3. The Balaban J connectivity index is 2.06. The molecule has 0 radical (unpaired) electrons. The van der Waals surface area contributed by atoms with Gasteiger partial charge >= 0.3 is 6.09 Å². The molecule has 0 saturated carbocycles. The van der Waals surface area contributed by atoms with Gasteiger partial charge in [-0.15, -0.1) is 10.2 Å². The van der Waals surface area contributed by atoms with Gasteiger partial charge in [-0.1, -0.05) is 6.07 Å². The van der Waals surface area contributed by atoms with E-state index in [0.717, 1.165) is 0 Å². The van der Waals surface area contributed by atoms with E-state index in [2.05, 4.69) is 30.9 Å². The minimum Gasteiger partial charge on any atom is -0.494 e. The molecule has 0 saturated heterocycles. The number of amides is 2. The fourth-order valence-corrected chi connectivity index (χ4v) is 2.48.